The molecule has 0 spiro atoms. The van der Waals surface area contributed by atoms with Crippen molar-refractivity contribution in [1.82, 2.24) is 15.1 Å². The van der Waals surface area contributed by atoms with Gasteiger partial charge in [-0.1, -0.05) is 46.3 Å². The van der Waals surface area contributed by atoms with Crippen molar-refractivity contribution in [2.24, 2.45) is 0 Å². The molecule has 1 atom stereocenters. The van der Waals surface area contributed by atoms with E-state index in [1.807, 2.05) is 24.3 Å². The van der Waals surface area contributed by atoms with Gasteiger partial charge in [0, 0.05) is 16.4 Å². The van der Waals surface area contributed by atoms with Gasteiger partial charge in [-0.25, -0.2) is 5.10 Å². The summed E-state index contributed by atoms with van der Waals surface area (Å²) in [6.45, 7) is 1.38. The number of aromatic nitrogens is 2. The molecule has 2 aromatic carbocycles. The number of benzene rings is 2. The average molecular weight is 414 g/mol. The van der Waals surface area contributed by atoms with Crippen LogP contribution in [0.3, 0.4) is 0 Å². The molecule has 7 heteroatoms. The van der Waals surface area contributed by atoms with Gasteiger partial charge in [0.25, 0.3) is 11.5 Å². The molecule has 0 saturated carbocycles. The van der Waals surface area contributed by atoms with Crippen LogP contribution in [0, 0.1) is 0 Å². The SMILES string of the molecule is O=C(c1n[nH]c(=O)c2ccccc12)N1CCOC(c2ccc(Br)cc2)C1. The zero-order valence-corrected chi connectivity index (χ0v) is 15.4. The van der Waals surface area contributed by atoms with Crippen LogP contribution >= 0.6 is 15.9 Å². The number of halogens is 1. The summed E-state index contributed by atoms with van der Waals surface area (Å²) in [7, 11) is 0. The van der Waals surface area contributed by atoms with Crippen LogP contribution in [0.1, 0.15) is 22.2 Å². The number of aromatic amines is 1. The van der Waals surface area contributed by atoms with Gasteiger partial charge in [0.15, 0.2) is 5.69 Å². The lowest BCUT2D eigenvalue weighted by atomic mass is 10.1. The molecule has 1 N–H and O–H groups in total. The lowest BCUT2D eigenvalue weighted by molar-refractivity contribution is -0.0229. The van der Waals surface area contributed by atoms with E-state index in [0.717, 1.165) is 10.0 Å². The molecule has 132 valence electrons. The molecule has 3 aromatic rings. The van der Waals surface area contributed by atoms with E-state index in [-0.39, 0.29) is 23.3 Å². The number of rotatable bonds is 2. The summed E-state index contributed by atoms with van der Waals surface area (Å²) in [5, 5.41) is 7.46. The number of hydrogen-bond donors (Lipinski definition) is 1. The van der Waals surface area contributed by atoms with Crippen molar-refractivity contribution in [3.63, 3.8) is 0 Å². The minimum absolute atomic E-state index is 0.185. The van der Waals surface area contributed by atoms with E-state index in [4.69, 9.17) is 4.74 Å². The Bertz CT molecular complexity index is 1020. The van der Waals surface area contributed by atoms with Gasteiger partial charge in [-0.3, -0.25) is 9.59 Å². The third-order valence-electron chi connectivity index (χ3n) is 4.49. The molecule has 6 nitrogen and oxygen atoms in total. The van der Waals surface area contributed by atoms with E-state index < -0.39 is 0 Å². The first-order chi connectivity index (χ1) is 12.6. The van der Waals surface area contributed by atoms with Gasteiger partial charge < -0.3 is 9.64 Å². The van der Waals surface area contributed by atoms with Crippen molar-refractivity contribution in [2.75, 3.05) is 19.7 Å². The zero-order chi connectivity index (χ0) is 18.1. The van der Waals surface area contributed by atoms with Crippen LogP contribution in [0.4, 0.5) is 0 Å². The largest absolute Gasteiger partial charge is 0.370 e. The van der Waals surface area contributed by atoms with Crippen molar-refractivity contribution in [3.05, 3.63) is 74.6 Å². The van der Waals surface area contributed by atoms with E-state index >= 15 is 0 Å². The van der Waals surface area contributed by atoms with E-state index in [1.54, 1.807) is 29.2 Å². The number of carbonyl (C=O) groups is 1. The van der Waals surface area contributed by atoms with Crippen LogP contribution in [0.5, 0.6) is 0 Å². The highest BCUT2D eigenvalue weighted by atomic mass is 79.9. The lowest BCUT2D eigenvalue weighted by Gasteiger charge is -2.33. The van der Waals surface area contributed by atoms with E-state index in [1.165, 1.54) is 0 Å². The minimum Gasteiger partial charge on any atom is -0.370 e. The first-order valence-corrected chi connectivity index (χ1v) is 9.06. The summed E-state index contributed by atoms with van der Waals surface area (Å²) >= 11 is 3.42. The maximum atomic E-state index is 13.0. The number of amides is 1. The molecule has 2 heterocycles. The Hall–Kier alpha value is -2.51. The number of nitrogens with one attached hydrogen (secondary N) is 1. The fraction of sp³-hybridized carbons (Fsp3) is 0.211. The van der Waals surface area contributed by atoms with Crippen LogP contribution in [-0.4, -0.2) is 40.7 Å². The third-order valence-corrected chi connectivity index (χ3v) is 5.02. The number of hydrogen-bond acceptors (Lipinski definition) is 4. The molecule has 1 fully saturated rings. The number of ether oxygens (including phenoxy) is 1. The van der Waals surface area contributed by atoms with Gasteiger partial charge in [-0.2, -0.15) is 5.10 Å². The second-order valence-electron chi connectivity index (χ2n) is 6.11. The second kappa shape index (κ2) is 7.01. The van der Waals surface area contributed by atoms with Crippen molar-refractivity contribution >= 4 is 32.6 Å². The second-order valence-corrected chi connectivity index (χ2v) is 7.02. The Balaban J connectivity index is 1.63. The molecule has 26 heavy (non-hydrogen) atoms. The molecule has 1 aliphatic heterocycles. The number of H-pyrrole nitrogens is 1. The normalized spacial score (nSPS) is 17.4. The summed E-state index contributed by atoms with van der Waals surface area (Å²) < 4.78 is 6.83. The summed E-state index contributed by atoms with van der Waals surface area (Å²) in [6, 6.07) is 14.9. The Morgan fingerprint density at radius 1 is 1.15 bits per heavy atom. The van der Waals surface area contributed by atoms with Crippen molar-refractivity contribution < 1.29 is 9.53 Å². The van der Waals surface area contributed by atoms with Gasteiger partial charge in [0.05, 0.1) is 18.5 Å². The van der Waals surface area contributed by atoms with Gasteiger partial charge in [0.2, 0.25) is 0 Å². The fourth-order valence-corrected chi connectivity index (χ4v) is 3.40. The highest BCUT2D eigenvalue weighted by Crippen LogP contribution is 2.25. The van der Waals surface area contributed by atoms with Crippen molar-refractivity contribution in [3.8, 4) is 0 Å². The Labute approximate surface area is 157 Å². The molecule has 1 aliphatic rings. The van der Waals surface area contributed by atoms with Crippen LogP contribution < -0.4 is 5.56 Å². The monoisotopic (exact) mass is 413 g/mol. The minimum atomic E-state index is -0.299. The van der Waals surface area contributed by atoms with E-state index in [9.17, 15) is 9.59 Å². The maximum absolute atomic E-state index is 13.0. The average Bonchev–Trinajstić information content (AvgIpc) is 2.69. The Morgan fingerprint density at radius 2 is 1.88 bits per heavy atom. The molecule has 1 saturated heterocycles. The molecule has 1 aromatic heterocycles. The predicted molar refractivity (Wildman–Crippen MR) is 101 cm³/mol. The smallest absolute Gasteiger partial charge is 0.275 e. The third kappa shape index (κ3) is 3.15. The van der Waals surface area contributed by atoms with Gasteiger partial charge in [0.1, 0.15) is 6.10 Å². The molecule has 0 aliphatic carbocycles. The first-order valence-electron chi connectivity index (χ1n) is 8.27. The molecule has 1 unspecified atom stereocenters. The number of fused-ring (bicyclic) bond motifs is 1. The molecular weight excluding hydrogens is 398 g/mol. The van der Waals surface area contributed by atoms with E-state index in [0.29, 0.717) is 30.5 Å². The van der Waals surface area contributed by atoms with Crippen LogP contribution in [0.25, 0.3) is 10.8 Å². The van der Waals surface area contributed by atoms with Crippen LogP contribution in [-0.2, 0) is 4.74 Å². The lowest BCUT2D eigenvalue weighted by Crippen LogP contribution is -2.42. The van der Waals surface area contributed by atoms with Crippen molar-refractivity contribution in [2.45, 2.75) is 6.10 Å². The highest BCUT2D eigenvalue weighted by Gasteiger charge is 2.28. The highest BCUT2D eigenvalue weighted by molar-refractivity contribution is 9.10. The first kappa shape index (κ1) is 16.9. The number of nitrogens with zero attached hydrogens (tertiary/aromatic N) is 2. The van der Waals surface area contributed by atoms with Crippen molar-refractivity contribution in [1.29, 1.82) is 0 Å². The topological polar surface area (TPSA) is 75.3 Å². The molecule has 1 amide bonds. The molecule has 4 rings (SSSR count). The molecular formula is C19H16BrN3O3. The summed E-state index contributed by atoms with van der Waals surface area (Å²) in [6.07, 6.45) is -0.185. The van der Waals surface area contributed by atoms with Gasteiger partial charge in [-0.15, -0.1) is 0 Å². The summed E-state index contributed by atoms with van der Waals surface area (Å²) in [5.74, 6) is -0.206. The molecule has 0 bridgehead atoms. The van der Waals surface area contributed by atoms with Gasteiger partial charge >= 0.3 is 0 Å². The number of morpholine rings is 1. The quantitative estimate of drug-likeness (QED) is 0.700. The maximum Gasteiger partial charge on any atom is 0.275 e. The van der Waals surface area contributed by atoms with Crippen LogP contribution in [0.15, 0.2) is 57.8 Å². The summed E-state index contributed by atoms with van der Waals surface area (Å²) in [4.78, 5) is 26.7. The zero-order valence-electron chi connectivity index (χ0n) is 13.8. The standard InChI is InChI=1S/C19H16BrN3O3/c20-13-7-5-12(6-8-13)16-11-23(9-10-26-16)19(25)17-14-3-1-2-4-15(14)18(24)22-21-17/h1-8,16H,9-11H2,(H,22,24). The summed E-state index contributed by atoms with van der Waals surface area (Å²) in [5.41, 5.74) is 0.980. The predicted octanol–water partition coefficient (Wildman–Crippen LogP) is 2.90. The van der Waals surface area contributed by atoms with Gasteiger partial charge in [-0.05, 0) is 23.8 Å². The Kier molecular flexibility index (Phi) is 4.57. The van der Waals surface area contributed by atoms with Crippen LogP contribution in [0.2, 0.25) is 0 Å². The fourth-order valence-electron chi connectivity index (χ4n) is 3.14. The Morgan fingerprint density at radius 3 is 2.65 bits per heavy atom. The molecule has 0 radical (unpaired) electrons. The number of carbonyl (C=O) groups excluding carboxylic acids is 1. The van der Waals surface area contributed by atoms with E-state index in [2.05, 4.69) is 26.1 Å².